The minimum atomic E-state index is -0.261. The minimum Gasteiger partial charge on any atom is -0.384 e. The van der Waals surface area contributed by atoms with Crippen molar-refractivity contribution in [1.29, 1.82) is 5.41 Å². The van der Waals surface area contributed by atoms with Crippen LogP contribution >= 0.6 is 0 Å². The van der Waals surface area contributed by atoms with Gasteiger partial charge in [-0.2, -0.15) is 0 Å². The molecule has 0 spiro atoms. The van der Waals surface area contributed by atoms with E-state index in [0.29, 0.717) is 30.6 Å². The van der Waals surface area contributed by atoms with Crippen molar-refractivity contribution >= 4 is 17.4 Å². The second-order valence-corrected chi connectivity index (χ2v) is 9.50. The highest BCUT2D eigenvalue weighted by atomic mass is 16.2. The van der Waals surface area contributed by atoms with E-state index in [1.165, 1.54) is 24.8 Å². The molecule has 2 aromatic rings. The molecule has 1 fully saturated rings. The van der Waals surface area contributed by atoms with E-state index in [2.05, 4.69) is 37.0 Å². The molecule has 33 heavy (non-hydrogen) atoms. The van der Waals surface area contributed by atoms with Crippen LogP contribution in [0, 0.1) is 5.41 Å². The van der Waals surface area contributed by atoms with Crippen molar-refractivity contribution in [2.24, 2.45) is 5.73 Å². The number of nitrogens with zero attached hydrogens (tertiary/aromatic N) is 2. The lowest BCUT2D eigenvalue weighted by molar-refractivity contribution is -0.120. The highest BCUT2D eigenvalue weighted by Gasteiger charge is 2.33. The molecule has 0 saturated carbocycles. The number of nitrogens with two attached hydrogens (primary N) is 1. The number of hydrogen-bond acceptors (Lipinski definition) is 3. The maximum absolute atomic E-state index is 13.6. The van der Waals surface area contributed by atoms with Gasteiger partial charge >= 0.3 is 0 Å². The zero-order valence-electron chi connectivity index (χ0n) is 19.8. The molecule has 2 aliphatic heterocycles. The molecule has 3 atom stereocenters. The van der Waals surface area contributed by atoms with Crippen molar-refractivity contribution in [2.75, 3.05) is 18.0 Å². The summed E-state index contributed by atoms with van der Waals surface area (Å²) in [4.78, 5) is 18.1. The number of piperidine rings is 1. The smallest absolute Gasteiger partial charge is 0.235 e. The fourth-order valence-corrected chi connectivity index (χ4v) is 5.37. The number of nitrogens with one attached hydrogen (secondary N) is 1. The molecule has 2 heterocycles. The highest BCUT2D eigenvalue weighted by molar-refractivity contribution is 6.02. The first-order chi connectivity index (χ1) is 16.0. The van der Waals surface area contributed by atoms with Gasteiger partial charge < -0.3 is 10.6 Å². The maximum Gasteiger partial charge on any atom is 0.235 e. The van der Waals surface area contributed by atoms with Gasteiger partial charge in [0, 0.05) is 36.4 Å². The Morgan fingerprint density at radius 2 is 1.85 bits per heavy atom. The average Bonchev–Trinajstić information content (AvgIpc) is 2.81. The Bertz CT molecular complexity index is 1020. The summed E-state index contributed by atoms with van der Waals surface area (Å²) in [5.41, 5.74) is 9.46. The van der Waals surface area contributed by atoms with E-state index in [-0.39, 0.29) is 17.7 Å². The quantitative estimate of drug-likeness (QED) is 0.364. The number of carbonyl (C=O) groups excluding carboxylic acids is 1. The zero-order chi connectivity index (χ0) is 23.4. The molecule has 0 bridgehead atoms. The molecular formula is C28H36N4O. The molecule has 2 aliphatic rings. The second kappa shape index (κ2) is 10.3. The molecule has 0 radical (unpaired) electrons. The molecule has 4 rings (SSSR count). The largest absolute Gasteiger partial charge is 0.384 e. The molecule has 1 unspecified atom stereocenters. The van der Waals surface area contributed by atoms with Crippen LogP contribution < -0.4 is 10.6 Å². The standard InChI is InChI=1S/C28H36N4O/c1-20-10-8-11-21(2)31(20)16-6-3-7-17-32-26-15-5-4-12-23(26)19-25(28(32)33)22-13-9-14-24(18-22)27(29)30/h3-5,7,9,12-15,18,20-21,25H,6,8,10-11,16-17,19H2,1-2H3,(H3,29,30)/t20-,21+,25?. The number of para-hydroxylation sites is 1. The van der Waals surface area contributed by atoms with Crippen LogP contribution in [0.3, 0.4) is 0 Å². The van der Waals surface area contributed by atoms with Gasteiger partial charge in [0.2, 0.25) is 5.91 Å². The SMILES string of the molecule is C[C@@H]1CCC[C@H](C)N1CCC=CCN1C(=O)C(c2cccc(C(=N)N)c2)Cc2ccccc21. The topological polar surface area (TPSA) is 73.4 Å². The Morgan fingerprint density at radius 1 is 1.09 bits per heavy atom. The highest BCUT2D eigenvalue weighted by Crippen LogP contribution is 2.35. The lowest BCUT2D eigenvalue weighted by Crippen LogP contribution is -2.44. The zero-order valence-corrected chi connectivity index (χ0v) is 19.8. The van der Waals surface area contributed by atoms with Crippen LogP contribution in [0.25, 0.3) is 0 Å². The Morgan fingerprint density at radius 3 is 2.61 bits per heavy atom. The van der Waals surface area contributed by atoms with Gasteiger partial charge in [-0.05, 0) is 62.8 Å². The van der Waals surface area contributed by atoms with Crippen LogP contribution in [0.1, 0.15) is 62.1 Å². The summed E-state index contributed by atoms with van der Waals surface area (Å²) in [6.45, 7) is 6.32. The van der Waals surface area contributed by atoms with Crippen molar-refractivity contribution in [3.63, 3.8) is 0 Å². The van der Waals surface area contributed by atoms with Crippen LogP contribution in [0.4, 0.5) is 5.69 Å². The first kappa shape index (κ1) is 23.2. The molecule has 174 valence electrons. The Hall–Kier alpha value is -2.92. The molecule has 0 aliphatic carbocycles. The molecule has 5 heteroatoms. The van der Waals surface area contributed by atoms with Crippen molar-refractivity contribution in [2.45, 2.75) is 64.0 Å². The van der Waals surface area contributed by atoms with E-state index in [9.17, 15) is 4.79 Å². The van der Waals surface area contributed by atoms with Gasteiger partial charge in [0.25, 0.3) is 0 Å². The summed E-state index contributed by atoms with van der Waals surface area (Å²) in [5.74, 6) is -0.127. The number of fused-ring (bicyclic) bond motifs is 1. The first-order valence-corrected chi connectivity index (χ1v) is 12.2. The number of hydrogen-bond donors (Lipinski definition) is 2. The van der Waals surface area contributed by atoms with E-state index in [1.807, 2.05) is 47.4 Å². The van der Waals surface area contributed by atoms with Gasteiger partial charge in [0.05, 0.1) is 5.92 Å². The molecule has 1 saturated heterocycles. The van der Waals surface area contributed by atoms with Crippen LogP contribution in [0.5, 0.6) is 0 Å². The molecule has 5 nitrogen and oxygen atoms in total. The van der Waals surface area contributed by atoms with Crippen molar-refractivity contribution in [3.8, 4) is 0 Å². The predicted molar refractivity (Wildman–Crippen MR) is 136 cm³/mol. The summed E-state index contributed by atoms with van der Waals surface area (Å²) in [6.07, 6.45) is 9.95. The normalized spacial score (nSPS) is 23.6. The lowest BCUT2D eigenvalue weighted by Gasteiger charge is -2.38. The summed E-state index contributed by atoms with van der Waals surface area (Å²) in [6, 6.07) is 17.1. The molecule has 3 N–H and O–H groups in total. The monoisotopic (exact) mass is 444 g/mol. The fraction of sp³-hybridized carbons (Fsp3) is 0.429. The number of nitrogen functional groups attached to an aromatic ring is 1. The van der Waals surface area contributed by atoms with E-state index in [1.54, 1.807) is 0 Å². The van der Waals surface area contributed by atoms with E-state index in [0.717, 1.165) is 24.2 Å². The van der Waals surface area contributed by atoms with Gasteiger partial charge in [-0.1, -0.05) is 55.0 Å². The average molecular weight is 445 g/mol. The van der Waals surface area contributed by atoms with Crippen molar-refractivity contribution < 1.29 is 4.79 Å². The van der Waals surface area contributed by atoms with E-state index >= 15 is 0 Å². The Balaban J connectivity index is 1.47. The lowest BCUT2D eigenvalue weighted by atomic mass is 9.85. The number of likely N-dealkylation sites (tertiary alicyclic amines) is 1. The summed E-state index contributed by atoms with van der Waals surface area (Å²) in [5, 5.41) is 7.75. The third-order valence-electron chi connectivity index (χ3n) is 7.26. The predicted octanol–water partition coefficient (Wildman–Crippen LogP) is 4.85. The van der Waals surface area contributed by atoms with Crippen LogP contribution in [0.15, 0.2) is 60.7 Å². The van der Waals surface area contributed by atoms with Gasteiger partial charge in [-0.25, -0.2) is 0 Å². The third-order valence-corrected chi connectivity index (χ3v) is 7.26. The third kappa shape index (κ3) is 5.19. The van der Waals surface area contributed by atoms with Gasteiger partial charge in [0.15, 0.2) is 0 Å². The van der Waals surface area contributed by atoms with E-state index < -0.39 is 0 Å². The number of anilines is 1. The molecule has 2 aromatic carbocycles. The molecular weight excluding hydrogens is 408 g/mol. The first-order valence-electron chi connectivity index (χ1n) is 12.2. The van der Waals surface area contributed by atoms with Crippen molar-refractivity contribution in [1.82, 2.24) is 4.90 Å². The number of benzene rings is 2. The van der Waals surface area contributed by atoms with Gasteiger partial charge in [0.1, 0.15) is 5.84 Å². The second-order valence-electron chi connectivity index (χ2n) is 9.50. The number of amides is 1. The van der Waals surface area contributed by atoms with E-state index in [4.69, 9.17) is 11.1 Å². The number of carbonyl (C=O) groups is 1. The van der Waals surface area contributed by atoms with Crippen LogP contribution in [-0.4, -0.2) is 41.8 Å². The van der Waals surface area contributed by atoms with Crippen LogP contribution in [-0.2, 0) is 11.2 Å². The Kier molecular flexibility index (Phi) is 7.29. The van der Waals surface area contributed by atoms with Gasteiger partial charge in [-0.15, -0.1) is 0 Å². The molecule has 1 amide bonds. The summed E-state index contributed by atoms with van der Waals surface area (Å²) >= 11 is 0. The Labute approximate surface area is 197 Å². The van der Waals surface area contributed by atoms with Crippen molar-refractivity contribution in [3.05, 3.63) is 77.4 Å². The maximum atomic E-state index is 13.6. The summed E-state index contributed by atoms with van der Waals surface area (Å²) < 4.78 is 0. The number of rotatable bonds is 7. The molecule has 0 aromatic heterocycles. The summed E-state index contributed by atoms with van der Waals surface area (Å²) in [7, 11) is 0. The number of amidine groups is 1. The van der Waals surface area contributed by atoms with Crippen LogP contribution in [0.2, 0.25) is 0 Å². The van der Waals surface area contributed by atoms with Gasteiger partial charge in [-0.3, -0.25) is 15.1 Å². The minimum absolute atomic E-state index is 0.0256. The fourth-order valence-electron chi connectivity index (χ4n) is 5.37.